The van der Waals surface area contributed by atoms with Crippen molar-refractivity contribution < 1.29 is 0 Å². The molecule has 3 nitrogen and oxygen atoms in total. The molecule has 0 radical (unpaired) electrons. The van der Waals surface area contributed by atoms with Crippen LogP contribution < -0.4 is 0 Å². The van der Waals surface area contributed by atoms with Crippen LogP contribution in [0.3, 0.4) is 0 Å². The van der Waals surface area contributed by atoms with Crippen LogP contribution in [-0.2, 0) is 0 Å². The predicted molar refractivity (Wildman–Crippen MR) is 205 cm³/mol. The monoisotopic (exact) mass is 627 g/mol. The number of benzene rings is 8. The summed E-state index contributed by atoms with van der Waals surface area (Å²) in [4.78, 5) is 10.8. The maximum absolute atomic E-state index is 5.47. The molecular formula is C44H25N3S. The standard InChI is InChI=1S/C44H25N3S/c1-2-13-28-25-29(22-21-26(28)11-1)41-44(46-35-19-9-8-18-34(35)45-41)47-36-20-10-7-17-33(36)38-31-15-5-6-16-32(31)40-39-30-14-4-3-12-27(30)23-24-37(39)48-43(40)42(38)47/h1-25H. The SMILES string of the molecule is c1ccc2cc(-c3nc4ccccc4nc3-n3c4ccccc4c4c5ccccc5c5c(sc6ccc7ccccc7c65)c43)ccc2c1. The van der Waals surface area contributed by atoms with Gasteiger partial charge in [0.25, 0.3) is 0 Å². The van der Waals surface area contributed by atoms with Crippen molar-refractivity contribution in [3.63, 3.8) is 0 Å². The van der Waals surface area contributed by atoms with E-state index in [1.165, 1.54) is 68.8 Å². The third-order valence-corrected chi connectivity index (χ3v) is 11.1. The molecule has 222 valence electrons. The van der Waals surface area contributed by atoms with Gasteiger partial charge in [-0.25, -0.2) is 9.97 Å². The van der Waals surface area contributed by atoms with E-state index in [1.54, 1.807) is 0 Å². The van der Waals surface area contributed by atoms with Crippen molar-refractivity contribution in [3.8, 4) is 17.1 Å². The highest BCUT2D eigenvalue weighted by Crippen LogP contribution is 2.49. The van der Waals surface area contributed by atoms with E-state index in [-0.39, 0.29) is 0 Å². The normalized spacial score (nSPS) is 12.2. The van der Waals surface area contributed by atoms with Crippen LogP contribution >= 0.6 is 11.3 Å². The maximum atomic E-state index is 5.47. The molecule has 0 aliphatic rings. The average molecular weight is 628 g/mol. The van der Waals surface area contributed by atoms with Crippen molar-refractivity contribution >= 4 is 96.7 Å². The average Bonchev–Trinajstić information content (AvgIpc) is 3.71. The Morgan fingerprint density at radius 3 is 1.92 bits per heavy atom. The summed E-state index contributed by atoms with van der Waals surface area (Å²) in [6.45, 7) is 0. The molecule has 11 aromatic rings. The predicted octanol–water partition coefficient (Wildman–Crippen LogP) is 12.2. The van der Waals surface area contributed by atoms with Gasteiger partial charge in [-0.05, 0) is 62.6 Å². The van der Waals surface area contributed by atoms with Crippen molar-refractivity contribution in [1.29, 1.82) is 0 Å². The minimum Gasteiger partial charge on any atom is -0.290 e. The summed E-state index contributed by atoms with van der Waals surface area (Å²) >= 11 is 1.88. The lowest BCUT2D eigenvalue weighted by atomic mass is 9.96. The lowest BCUT2D eigenvalue weighted by Gasteiger charge is -2.15. The Balaban J connectivity index is 1.39. The molecule has 0 unspecified atom stereocenters. The van der Waals surface area contributed by atoms with Gasteiger partial charge in [0.1, 0.15) is 5.69 Å². The fraction of sp³-hybridized carbons (Fsp3) is 0. The first-order valence-electron chi connectivity index (χ1n) is 16.3. The van der Waals surface area contributed by atoms with Gasteiger partial charge in [0, 0.05) is 31.8 Å². The van der Waals surface area contributed by atoms with Crippen molar-refractivity contribution in [2.24, 2.45) is 0 Å². The number of aromatic nitrogens is 3. The van der Waals surface area contributed by atoms with Gasteiger partial charge in [-0.3, -0.25) is 4.57 Å². The van der Waals surface area contributed by atoms with Crippen molar-refractivity contribution in [3.05, 3.63) is 152 Å². The molecule has 4 heteroatoms. The van der Waals surface area contributed by atoms with Gasteiger partial charge in [-0.2, -0.15) is 0 Å². The van der Waals surface area contributed by atoms with Crippen molar-refractivity contribution in [2.45, 2.75) is 0 Å². The van der Waals surface area contributed by atoms with Gasteiger partial charge >= 0.3 is 0 Å². The van der Waals surface area contributed by atoms with Crippen LogP contribution in [0.25, 0.3) is 102 Å². The zero-order valence-corrected chi connectivity index (χ0v) is 26.5. The number of nitrogens with zero attached hydrogens (tertiary/aromatic N) is 3. The molecule has 0 aliphatic heterocycles. The summed E-state index contributed by atoms with van der Waals surface area (Å²) in [6.07, 6.45) is 0. The van der Waals surface area contributed by atoms with Gasteiger partial charge in [0.2, 0.25) is 0 Å². The second-order valence-electron chi connectivity index (χ2n) is 12.5. The van der Waals surface area contributed by atoms with Gasteiger partial charge < -0.3 is 0 Å². The molecule has 0 amide bonds. The molecule has 0 atom stereocenters. The number of thiophene rings is 1. The molecule has 8 aromatic carbocycles. The van der Waals surface area contributed by atoms with Crippen molar-refractivity contribution in [1.82, 2.24) is 14.5 Å². The van der Waals surface area contributed by atoms with Crippen LogP contribution in [0.2, 0.25) is 0 Å². The van der Waals surface area contributed by atoms with Gasteiger partial charge in [0.15, 0.2) is 5.82 Å². The molecule has 0 spiro atoms. The van der Waals surface area contributed by atoms with E-state index < -0.39 is 0 Å². The Morgan fingerprint density at radius 2 is 1.08 bits per heavy atom. The molecule has 3 heterocycles. The maximum Gasteiger partial charge on any atom is 0.165 e. The highest BCUT2D eigenvalue weighted by molar-refractivity contribution is 7.27. The summed E-state index contributed by atoms with van der Waals surface area (Å²) in [5.41, 5.74) is 5.99. The third-order valence-electron chi connectivity index (χ3n) is 9.92. The number of hydrogen-bond donors (Lipinski definition) is 0. The summed E-state index contributed by atoms with van der Waals surface area (Å²) in [6, 6.07) is 54.4. The molecule has 0 aliphatic carbocycles. The van der Waals surface area contributed by atoms with E-state index in [2.05, 4.69) is 144 Å². The lowest BCUT2D eigenvalue weighted by molar-refractivity contribution is 1.08. The summed E-state index contributed by atoms with van der Waals surface area (Å²) in [5, 5.41) is 12.6. The first-order chi connectivity index (χ1) is 23.8. The zero-order valence-electron chi connectivity index (χ0n) is 25.7. The minimum absolute atomic E-state index is 0.842. The van der Waals surface area contributed by atoms with E-state index in [0.29, 0.717) is 0 Å². The lowest BCUT2D eigenvalue weighted by Crippen LogP contribution is -2.04. The van der Waals surface area contributed by atoms with Crippen LogP contribution in [0.5, 0.6) is 0 Å². The summed E-state index contributed by atoms with van der Waals surface area (Å²) < 4.78 is 4.96. The fourth-order valence-electron chi connectivity index (χ4n) is 7.84. The molecule has 0 fully saturated rings. The molecule has 11 rings (SSSR count). The Labute approximate surface area is 278 Å². The molecule has 0 saturated carbocycles. The van der Waals surface area contributed by atoms with E-state index in [0.717, 1.165) is 33.6 Å². The van der Waals surface area contributed by atoms with E-state index in [9.17, 15) is 0 Å². The van der Waals surface area contributed by atoms with Crippen LogP contribution in [0, 0.1) is 0 Å². The van der Waals surface area contributed by atoms with Crippen LogP contribution in [0.1, 0.15) is 0 Å². The summed E-state index contributed by atoms with van der Waals surface area (Å²) in [5.74, 6) is 0.842. The van der Waals surface area contributed by atoms with Gasteiger partial charge in [-0.1, -0.05) is 121 Å². The first-order valence-corrected chi connectivity index (χ1v) is 17.1. The Bertz CT molecular complexity index is 3130. The Morgan fingerprint density at radius 1 is 0.458 bits per heavy atom. The number of fused-ring (bicyclic) bond motifs is 14. The zero-order chi connectivity index (χ0) is 31.3. The second kappa shape index (κ2) is 9.71. The fourth-order valence-corrected chi connectivity index (χ4v) is 9.11. The van der Waals surface area contributed by atoms with Crippen molar-refractivity contribution in [2.75, 3.05) is 0 Å². The molecule has 0 bridgehead atoms. The number of rotatable bonds is 2. The molecular weight excluding hydrogens is 603 g/mol. The number of para-hydroxylation sites is 3. The Hall–Kier alpha value is -6.10. The van der Waals surface area contributed by atoms with E-state index >= 15 is 0 Å². The highest BCUT2D eigenvalue weighted by Gasteiger charge is 2.25. The molecule has 0 N–H and O–H groups in total. The van der Waals surface area contributed by atoms with Crippen LogP contribution in [-0.4, -0.2) is 14.5 Å². The quantitative estimate of drug-likeness (QED) is 0.191. The molecule has 3 aromatic heterocycles. The topological polar surface area (TPSA) is 30.7 Å². The molecule has 0 saturated heterocycles. The van der Waals surface area contributed by atoms with E-state index in [4.69, 9.17) is 9.97 Å². The van der Waals surface area contributed by atoms with E-state index in [1.807, 2.05) is 23.5 Å². The summed E-state index contributed by atoms with van der Waals surface area (Å²) in [7, 11) is 0. The second-order valence-corrected chi connectivity index (χ2v) is 13.6. The third kappa shape index (κ3) is 3.52. The minimum atomic E-state index is 0.842. The Kier molecular flexibility index (Phi) is 5.26. The first kappa shape index (κ1) is 26.0. The van der Waals surface area contributed by atoms with Crippen LogP contribution in [0.4, 0.5) is 0 Å². The van der Waals surface area contributed by atoms with Gasteiger partial charge in [-0.15, -0.1) is 11.3 Å². The largest absolute Gasteiger partial charge is 0.290 e. The number of hydrogen-bond acceptors (Lipinski definition) is 3. The smallest absolute Gasteiger partial charge is 0.165 e. The molecule has 48 heavy (non-hydrogen) atoms. The highest BCUT2D eigenvalue weighted by atomic mass is 32.1. The van der Waals surface area contributed by atoms with Gasteiger partial charge in [0.05, 0.1) is 26.8 Å². The van der Waals surface area contributed by atoms with Crippen LogP contribution in [0.15, 0.2) is 152 Å².